The van der Waals surface area contributed by atoms with Gasteiger partial charge in [-0.05, 0) is 18.6 Å². The predicted molar refractivity (Wildman–Crippen MR) is 94.8 cm³/mol. The van der Waals surface area contributed by atoms with Crippen molar-refractivity contribution in [1.29, 1.82) is 0 Å². The Balaban J connectivity index is 1.69. The number of halogens is 1. The fourth-order valence-electron chi connectivity index (χ4n) is 2.11. The molecule has 126 valence electrons. The van der Waals surface area contributed by atoms with Crippen LogP contribution < -0.4 is 5.69 Å². The lowest BCUT2D eigenvalue weighted by Crippen LogP contribution is -2.17. The Hall–Kier alpha value is -1.87. The van der Waals surface area contributed by atoms with E-state index >= 15 is 0 Å². The molecule has 0 aliphatic rings. The monoisotopic (exact) mass is 409 g/mol. The number of unbranched alkanes of at least 4 members (excludes halogenated alkanes) is 1. The van der Waals surface area contributed by atoms with Gasteiger partial charge in [-0.1, -0.05) is 58.3 Å². The zero-order chi connectivity index (χ0) is 16.9. The largest absolute Gasteiger partial charge is 0.343 e. The fraction of sp³-hybridized carbons (Fsp3) is 0.333. The number of aromatic amines is 1. The molecule has 0 radical (unpaired) electrons. The van der Waals surface area contributed by atoms with E-state index in [1.54, 1.807) is 4.57 Å². The molecule has 0 aliphatic heterocycles. The number of hydrogen-bond donors (Lipinski definition) is 1. The standard InChI is InChI=1S/C15H16BrN5O2S/c1-2-3-7-21-14(22)18-19-15(21)24-9-12-17-13(20-23-12)10-5-4-6-11(16)8-10/h4-6,8H,2-3,7,9H2,1H3,(H,18,22). The Kier molecular flexibility index (Phi) is 5.52. The third-order valence-corrected chi connectivity index (χ3v) is 4.79. The molecule has 2 heterocycles. The first-order valence-electron chi connectivity index (χ1n) is 7.54. The van der Waals surface area contributed by atoms with Crippen molar-refractivity contribution in [2.24, 2.45) is 0 Å². The maximum atomic E-state index is 11.8. The van der Waals surface area contributed by atoms with Crippen molar-refractivity contribution in [1.82, 2.24) is 24.9 Å². The highest BCUT2D eigenvalue weighted by molar-refractivity contribution is 9.10. The molecule has 0 aliphatic carbocycles. The predicted octanol–water partition coefficient (Wildman–Crippen LogP) is 3.48. The van der Waals surface area contributed by atoms with Crippen molar-refractivity contribution < 1.29 is 4.52 Å². The second-order valence-corrected chi connectivity index (χ2v) is 6.99. The number of benzene rings is 1. The lowest BCUT2D eigenvalue weighted by Gasteiger charge is -2.02. The van der Waals surface area contributed by atoms with Crippen molar-refractivity contribution in [2.45, 2.75) is 37.2 Å². The van der Waals surface area contributed by atoms with Crippen LogP contribution in [0.4, 0.5) is 0 Å². The Morgan fingerprint density at radius 3 is 3.08 bits per heavy atom. The SMILES string of the molecule is CCCCn1c(SCc2nc(-c3cccc(Br)c3)no2)n[nH]c1=O. The molecule has 1 N–H and O–H groups in total. The van der Waals surface area contributed by atoms with Crippen LogP contribution in [-0.2, 0) is 12.3 Å². The maximum Gasteiger partial charge on any atom is 0.343 e. The number of nitrogens with zero attached hydrogens (tertiary/aromatic N) is 4. The summed E-state index contributed by atoms with van der Waals surface area (Å²) >= 11 is 4.82. The van der Waals surface area contributed by atoms with E-state index < -0.39 is 0 Å². The molecule has 3 rings (SSSR count). The fourth-order valence-corrected chi connectivity index (χ4v) is 3.32. The summed E-state index contributed by atoms with van der Waals surface area (Å²) in [6.45, 7) is 2.74. The molecule has 9 heteroatoms. The van der Waals surface area contributed by atoms with Gasteiger partial charge in [-0.15, -0.1) is 5.10 Å². The van der Waals surface area contributed by atoms with E-state index in [4.69, 9.17) is 4.52 Å². The number of hydrogen-bond acceptors (Lipinski definition) is 6. The summed E-state index contributed by atoms with van der Waals surface area (Å²) in [7, 11) is 0. The molecule has 0 bridgehead atoms. The van der Waals surface area contributed by atoms with Gasteiger partial charge in [0.1, 0.15) is 0 Å². The molecule has 0 fully saturated rings. The highest BCUT2D eigenvalue weighted by Gasteiger charge is 2.13. The summed E-state index contributed by atoms with van der Waals surface area (Å²) in [6, 6.07) is 7.70. The maximum absolute atomic E-state index is 11.8. The molecule has 2 aromatic heterocycles. The number of thioether (sulfide) groups is 1. The van der Waals surface area contributed by atoms with Gasteiger partial charge in [-0.2, -0.15) is 4.98 Å². The molecular weight excluding hydrogens is 394 g/mol. The van der Waals surface area contributed by atoms with Gasteiger partial charge in [0.2, 0.25) is 11.7 Å². The highest BCUT2D eigenvalue weighted by atomic mass is 79.9. The van der Waals surface area contributed by atoms with E-state index in [-0.39, 0.29) is 5.69 Å². The van der Waals surface area contributed by atoms with Crippen LogP contribution in [0.25, 0.3) is 11.4 Å². The first-order chi connectivity index (χ1) is 11.7. The molecule has 3 aromatic rings. The van der Waals surface area contributed by atoms with Crippen molar-refractivity contribution in [2.75, 3.05) is 0 Å². The first kappa shape index (κ1) is 17.0. The molecule has 1 aromatic carbocycles. The van der Waals surface area contributed by atoms with Crippen LogP contribution in [0, 0.1) is 0 Å². The molecule has 0 saturated carbocycles. The third-order valence-electron chi connectivity index (χ3n) is 3.33. The molecule has 0 saturated heterocycles. The minimum absolute atomic E-state index is 0.189. The van der Waals surface area contributed by atoms with Crippen molar-refractivity contribution >= 4 is 27.7 Å². The van der Waals surface area contributed by atoms with Crippen LogP contribution in [-0.4, -0.2) is 24.9 Å². The van der Waals surface area contributed by atoms with E-state index in [9.17, 15) is 4.79 Å². The molecule has 24 heavy (non-hydrogen) atoms. The van der Waals surface area contributed by atoms with Gasteiger partial charge in [0.25, 0.3) is 0 Å². The minimum atomic E-state index is -0.189. The lowest BCUT2D eigenvalue weighted by atomic mass is 10.2. The van der Waals surface area contributed by atoms with Crippen LogP contribution in [0.15, 0.2) is 43.2 Å². The quantitative estimate of drug-likeness (QED) is 0.600. The summed E-state index contributed by atoms with van der Waals surface area (Å²) in [6.07, 6.45) is 1.95. The van der Waals surface area contributed by atoms with Gasteiger partial charge in [-0.3, -0.25) is 4.57 Å². The average molecular weight is 410 g/mol. The number of rotatable bonds is 7. The van der Waals surface area contributed by atoms with Crippen molar-refractivity contribution in [3.63, 3.8) is 0 Å². The van der Waals surface area contributed by atoms with Crippen LogP contribution >= 0.6 is 27.7 Å². The molecule has 0 amide bonds. The Labute approximate surface area is 151 Å². The van der Waals surface area contributed by atoms with Gasteiger partial charge in [-0.25, -0.2) is 9.89 Å². The molecule has 0 unspecified atom stereocenters. The van der Waals surface area contributed by atoms with Gasteiger partial charge in [0.05, 0.1) is 5.75 Å². The topological polar surface area (TPSA) is 89.6 Å². The highest BCUT2D eigenvalue weighted by Crippen LogP contribution is 2.23. The van der Waals surface area contributed by atoms with E-state index in [0.717, 1.165) is 22.9 Å². The Bertz CT molecular complexity index is 873. The minimum Gasteiger partial charge on any atom is -0.338 e. The zero-order valence-electron chi connectivity index (χ0n) is 13.0. The summed E-state index contributed by atoms with van der Waals surface area (Å²) in [5.74, 6) is 1.49. The van der Waals surface area contributed by atoms with Crippen LogP contribution in [0.2, 0.25) is 0 Å². The van der Waals surface area contributed by atoms with Gasteiger partial charge in [0.15, 0.2) is 5.16 Å². The van der Waals surface area contributed by atoms with Gasteiger partial charge >= 0.3 is 5.69 Å². The van der Waals surface area contributed by atoms with E-state index in [1.165, 1.54) is 11.8 Å². The summed E-state index contributed by atoms with van der Waals surface area (Å²) in [4.78, 5) is 16.1. The summed E-state index contributed by atoms with van der Waals surface area (Å²) in [5, 5.41) is 11.2. The van der Waals surface area contributed by atoms with Crippen LogP contribution in [0.1, 0.15) is 25.7 Å². The first-order valence-corrected chi connectivity index (χ1v) is 9.31. The van der Waals surface area contributed by atoms with Crippen LogP contribution in [0.5, 0.6) is 0 Å². The molecule has 0 atom stereocenters. The lowest BCUT2D eigenvalue weighted by molar-refractivity contribution is 0.391. The van der Waals surface area contributed by atoms with Crippen LogP contribution in [0.3, 0.4) is 0 Å². The van der Waals surface area contributed by atoms with E-state index in [1.807, 2.05) is 24.3 Å². The average Bonchev–Trinajstić information content (AvgIpc) is 3.18. The Morgan fingerprint density at radius 2 is 2.29 bits per heavy atom. The third kappa shape index (κ3) is 3.96. The number of H-pyrrole nitrogens is 1. The van der Waals surface area contributed by atoms with E-state index in [2.05, 4.69) is 43.2 Å². The van der Waals surface area contributed by atoms with E-state index in [0.29, 0.717) is 29.2 Å². The number of aromatic nitrogens is 5. The van der Waals surface area contributed by atoms with Crippen molar-refractivity contribution in [3.05, 3.63) is 45.1 Å². The zero-order valence-corrected chi connectivity index (χ0v) is 15.4. The second-order valence-electron chi connectivity index (χ2n) is 5.13. The van der Waals surface area contributed by atoms with Gasteiger partial charge < -0.3 is 4.52 Å². The molecule has 0 spiro atoms. The molecule has 7 nitrogen and oxygen atoms in total. The second kappa shape index (κ2) is 7.80. The number of nitrogens with one attached hydrogen (secondary N) is 1. The normalized spacial score (nSPS) is 11.1. The molecular formula is C15H16BrN5O2S. The smallest absolute Gasteiger partial charge is 0.338 e. The van der Waals surface area contributed by atoms with Crippen molar-refractivity contribution in [3.8, 4) is 11.4 Å². The summed E-state index contributed by atoms with van der Waals surface area (Å²) < 4.78 is 7.88. The van der Waals surface area contributed by atoms with Gasteiger partial charge in [0, 0.05) is 16.6 Å². The summed E-state index contributed by atoms with van der Waals surface area (Å²) in [5.41, 5.74) is 0.690. The Morgan fingerprint density at radius 1 is 1.42 bits per heavy atom.